The Balaban J connectivity index is 1.78. The summed E-state index contributed by atoms with van der Waals surface area (Å²) in [5.41, 5.74) is 4.23. The van der Waals surface area contributed by atoms with Gasteiger partial charge < -0.3 is 5.32 Å². The zero-order valence-corrected chi connectivity index (χ0v) is 17.9. The lowest BCUT2D eigenvalue weighted by atomic mass is 10.1. The van der Waals surface area contributed by atoms with E-state index in [9.17, 15) is 13.2 Å². The van der Waals surface area contributed by atoms with Crippen LogP contribution in [0.1, 0.15) is 27.0 Å². The molecule has 3 aromatic carbocycles. The number of hydrogen-bond acceptors (Lipinski definition) is 3. The molecule has 0 fully saturated rings. The number of hydrogen-bond donors (Lipinski definition) is 2. The Bertz CT molecular complexity index is 1170. The molecule has 0 radical (unpaired) electrons. The third kappa shape index (κ3) is 4.78. The Morgan fingerprint density at radius 3 is 2.21 bits per heavy atom. The van der Waals surface area contributed by atoms with Crippen LogP contribution >= 0.6 is 11.6 Å². The number of carbonyl (C=O) groups excluding carboxylic acids is 1. The molecule has 0 aliphatic carbocycles. The van der Waals surface area contributed by atoms with E-state index in [0.29, 0.717) is 22.0 Å². The summed E-state index contributed by atoms with van der Waals surface area (Å²) in [5, 5.41) is 3.39. The lowest BCUT2D eigenvalue weighted by Crippen LogP contribution is -2.15. The van der Waals surface area contributed by atoms with Gasteiger partial charge >= 0.3 is 0 Å². The van der Waals surface area contributed by atoms with Crippen LogP contribution in [-0.4, -0.2) is 14.3 Å². The van der Waals surface area contributed by atoms with Crippen LogP contribution in [0.15, 0.2) is 65.6 Å². The number of carbonyl (C=O) groups is 1. The Morgan fingerprint density at radius 2 is 1.55 bits per heavy atom. The zero-order chi connectivity index (χ0) is 21.2. The first kappa shape index (κ1) is 20.9. The third-order valence-corrected chi connectivity index (χ3v) is 6.33. The number of halogens is 1. The van der Waals surface area contributed by atoms with Crippen LogP contribution in [0, 0.1) is 20.8 Å². The minimum atomic E-state index is -3.76. The number of rotatable bonds is 5. The Morgan fingerprint density at radius 1 is 0.862 bits per heavy atom. The van der Waals surface area contributed by atoms with E-state index in [1.807, 2.05) is 26.8 Å². The van der Waals surface area contributed by atoms with Crippen molar-refractivity contribution >= 4 is 38.9 Å². The fourth-order valence-corrected chi connectivity index (χ4v) is 4.16. The summed E-state index contributed by atoms with van der Waals surface area (Å²) < 4.78 is 28.0. The van der Waals surface area contributed by atoms with E-state index in [0.717, 1.165) is 16.7 Å². The van der Waals surface area contributed by atoms with Crippen molar-refractivity contribution in [2.24, 2.45) is 0 Å². The van der Waals surface area contributed by atoms with Crippen molar-refractivity contribution in [3.8, 4) is 0 Å². The molecule has 0 saturated heterocycles. The SMILES string of the molecule is Cc1cc(Cl)ccc1NC(=O)c1ccc(S(=O)(=O)Nc2cccc(C)c2C)cc1. The fourth-order valence-electron chi connectivity index (χ4n) is 2.81. The minimum Gasteiger partial charge on any atom is -0.322 e. The summed E-state index contributed by atoms with van der Waals surface area (Å²) in [5.74, 6) is -0.332. The van der Waals surface area contributed by atoms with Crippen LogP contribution < -0.4 is 10.0 Å². The van der Waals surface area contributed by atoms with Crippen molar-refractivity contribution < 1.29 is 13.2 Å². The van der Waals surface area contributed by atoms with E-state index in [4.69, 9.17) is 11.6 Å². The molecule has 0 unspecified atom stereocenters. The van der Waals surface area contributed by atoms with Gasteiger partial charge in [0.05, 0.1) is 10.6 Å². The highest BCUT2D eigenvalue weighted by Gasteiger charge is 2.17. The zero-order valence-electron chi connectivity index (χ0n) is 16.3. The molecule has 0 aromatic heterocycles. The van der Waals surface area contributed by atoms with E-state index in [1.54, 1.807) is 30.3 Å². The second-order valence-corrected chi connectivity index (χ2v) is 8.91. The molecule has 3 rings (SSSR count). The lowest BCUT2D eigenvalue weighted by molar-refractivity contribution is 0.102. The smallest absolute Gasteiger partial charge is 0.261 e. The average Bonchev–Trinajstić information content (AvgIpc) is 2.67. The van der Waals surface area contributed by atoms with E-state index < -0.39 is 10.0 Å². The minimum absolute atomic E-state index is 0.0811. The molecule has 29 heavy (non-hydrogen) atoms. The van der Waals surface area contributed by atoms with Gasteiger partial charge in [0.25, 0.3) is 15.9 Å². The molecule has 0 aliphatic rings. The molecule has 150 valence electrons. The van der Waals surface area contributed by atoms with Crippen LogP contribution in [0.4, 0.5) is 11.4 Å². The topological polar surface area (TPSA) is 75.3 Å². The predicted molar refractivity (Wildman–Crippen MR) is 117 cm³/mol. The van der Waals surface area contributed by atoms with Crippen molar-refractivity contribution in [3.63, 3.8) is 0 Å². The predicted octanol–water partition coefficient (Wildman–Crippen LogP) is 5.32. The number of nitrogens with one attached hydrogen (secondary N) is 2. The summed E-state index contributed by atoms with van der Waals surface area (Å²) in [6.45, 7) is 5.62. The molecule has 1 amide bonds. The van der Waals surface area contributed by atoms with Crippen LogP contribution in [0.2, 0.25) is 5.02 Å². The van der Waals surface area contributed by atoms with E-state index in [-0.39, 0.29) is 10.8 Å². The number of sulfonamides is 1. The molecular weight excluding hydrogens is 408 g/mol. The highest BCUT2D eigenvalue weighted by atomic mass is 35.5. The van der Waals surface area contributed by atoms with Crippen molar-refractivity contribution in [1.29, 1.82) is 0 Å². The van der Waals surface area contributed by atoms with E-state index in [2.05, 4.69) is 10.0 Å². The third-order valence-electron chi connectivity index (χ3n) is 4.71. The molecule has 3 aromatic rings. The van der Waals surface area contributed by atoms with Gasteiger partial charge in [0.1, 0.15) is 0 Å². The molecule has 0 saturated carbocycles. The summed E-state index contributed by atoms with van der Waals surface area (Å²) in [4.78, 5) is 12.6. The highest BCUT2D eigenvalue weighted by molar-refractivity contribution is 7.92. The Kier molecular flexibility index (Phi) is 5.96. The molecule has 7 heteroatoms. The fraction of sp³-hybridized carbons (Fsp3) is 0.136. The number of aryl methyl sites for hydroxylation is 2. The first-order valence-electron chi connectivity index (χ1n) is 8.94. The molecule has 2 N–H and O–H groups in total. The Labute approximate surface area is 175 Å². The molecule has 5 nitrogen and oxygen atoms in total. The van der Waals surface area contributed by atoms with Crippen molar-refractivity contribution in [2.75, 3.05) is 10.0 Å². The highest BCUT2D eigenvalue weighted by Crippen LogP contribution is 2.23. The first-order chi connectivity index (χ1) is 13.7. The Hall–Kier alpha value is -2.83. The van der Waals surface area contributed by atoms with Gasteiger partial charge in [0, 0.05) is 16.3 Å². The van der Waals surface area contributed by atoms with Gasteiger partial charge in [-0.05, 0) is 86.0 Å². The quantitative estimate of drug-likeness (QED) is 0.577. The van der Waals surface area contributed by atoms with E-state index >= 15 is 0 Å². The van der Waals surface area contributed by atoms with Crippen LogP contribution in [0.3, 0.4) is 0 Å². The first-order valence-corrected chi connectivity index (χ1v) is 10.8. The van der Waals surface area contributed by atoms with Crippen molar-refractivity contribution in [3.05, 3.63) is 87.9 Å². The summed E-state index contributed by atoms with van der Waals surface area (Å²) in [7, 11) is -3.76. The average molecular weight is 429 g/mol. The molecule has 0 aliphatic heterocycles. The normalized spacial score (nSPS) is 11.2. The lowest BCUT2D eigenvalue weighted by Gasteiger charge is -2.13. The maximum atomic E-state index is 12.7. The number of anilines is 2. The number of amides is 1. The van der Waals surface area contributed by atoms with Crippen LogP contribution in [0.25, 0.3) is 0 Å². The van der Waals surface area contributed by atoms with Crippen molar-refractivity contribution in [1.82, 2.24) is 0 Å². The van der Waals surface area contributed by atoms with Gasteiger partial charge in [-0.15, -0.1) is 0 Å². The molecule has 0 spiro atoms. The van der Waals surface area contributed by atoms with Gasteiger partial charge in [0.2, 0.25) is 0 Å². The summed E-state index contributed by atoms with van der Waals surface area (Å²) >= 11 is 5.93. The largest absolute Gasteiger partial charge is 0.322 e. The van der Waals surface area contributed by atoms with Crippen LogP contribution in [-0.2, 0) is 10.0 Å². The standard InChI is InChI=1S/C22H21ClN2O3S/c1-14-5-4-6-21(16(14)3)25-29(27,28)19-10-7-17(8-11-19)22(26)24-20-12-9-18(23)13-15(20)2/h4-13,25H,1-3H3,(H,24,26). The molecule has 0 bridgehead atoms. The van der Waals surface area contributed by atoms with Gasteiger partial charge in [-0.1, -0.05) is 23.7 Å². The van der Waals surface area contributed by atoms with Gasteiger partial charge in [-0.3, -0.25) is 9.52 Å². The maximum absolute atomic E-state index is 12.7. The second-order valence-electron chi connectivity index (χ2n) is 6.79. The molecule has 0 atom stereocenters. The van der Waals surface area contributed by atoms with E-state index in [1.165, 1.54) is 24.3 Å². The number of benzene rings is 3. The van der Waals surface area contributed by atoms with Gasteiger partial charge in [-0.25, -0.2) is 8.42 Å². The summed E-state index contributed by atoms with van der Waals surface area (Å²) in [6.07, 6.45) is 0. The maximum Gasteiger partial charge on any atom is 0.261 e. The van der Waals surface area contributed by atoms with Crippen molar-refractivity contribution in [2.45, 2.75) is 25.7 Å². The monoisotopic (exact) mass is 428 g/mol. The van der Waals surface area contributed by atoms with Gasteiger partial charge in [0.15, 0.2) is 0 Å². The molecular formula is C22H21ClN2O3S. The second kappa shape index (κ2) is 8.27. The molecule has 0 heterocycles. The van der Waals surface area contributed by atoms with Crippen LogP contribution in [0.5, 0.6) is 0 Å². The summed E-state index contributed by atoms with van der Waals surface area (Å²) in [6, 6.07) is 16.4. The van der Waals surface area contributed by atoms with Gasteiger partial charge in [-0.2, -0.15) is 0 Å².